The van der Waals surface area contributed by atoms with Crippen LogP contribution in [0, 0.1) is 0 Å². The Hall–Kier alpha value is -4.24. The zero-order valence-corrected chi connectivity index (χ0v) is 24.5. The molecule has 9 N–H and O–H groups in total. The van der Waals surface area contributed by atoms with Crippen molar-refractivity contribution in [2.24, 2.45) is 5.73 Å². The van der Waals surface area contributed by atoms with E-state index in [4.69, 9.17) is 11.5 Å². The van der Waals surface area contributed by atoms with E-state index >= 15 is 0 Å². The van der Waals surface area contributed by atoms with Gasteiger partial charge in [0.15, 0.2) is 11.2 Å². The van der Waals surface area contributed by atoms with Gasteiger partial charge in [-0.15, -0.1) is 0 Å². The largest absolute Gasteiger partial charge is 0.379 e. The third-order valence-corrected chi connectivity index (χ3v) is 6.85. The normalized spacial score (nSPS) is 13.1. The van der Waals surface area contributed by atoms with Crippen LogP contribution < -0.4 is 38.3 Å². The van der Waals surface area contributed by atoms with E-state index in [1.165, 1.54) is 6.20 Å². The first-order valence-corrected chi connectivity index (χ1v) is 14.3. The number of fused-ring (bicyclic) bond motifs is 1. The molecule has 1 unspecified atom stereocenters. The number of hydrogen-bond acceptors (Lipinski definition) is 11. The monoisotopic (exact) mass is 598 g/mol. The van der Waals surface area contributed by atoms with Gasteiger partial charge in [-0.3, -0.25) is 24.2 Å². The van der Waals surface area contributed by atoms with Crippen molar-refractivity contribution in [1.29, 1.82) is 0 Å². The maximum atomic E-state index is 12.7. The number of nitrogens with one attached hydrogen (secondary N) is 5. The molecule has 0 aliphatic carbocycles. The van der Waals surface area contributed by atoms with E-state index in [1.54, 1.807) is 24.3 Å². The first-order valence-electron chi connectivity index (χ1n) is 13.7. The zero-order chi connectivity index (χ0) is 30.6. The number of rotatable bonds is 15. The van der Waals surface area contributed by atoms with Crippen LogP contribution in [0.2, 0.25) is 0 Å². The van der Waals surface area contributed by atoms with Crippen LogP contribution in [0.3, 0.4) is 0 Å². The van der Waals surface area contributed by atoms with Gasteiger partial charge >= 0.3 is 0 Å². The van der Waals surface area contributed by atoms with Crippen molar-refractivity contribution in [2.45, 2.75) is 64.2 Å². The highest BCUT2D eigenvalue weighted by molar-refractivity contribution is 7.80. The second-order valence-corrected chi connectivity index (χ2v) is 10.3. The molecule has 0 saturated heterocycles. The summed E-state index contributed by atoms with van der Waals surface area (Å²) in [7, 11) is 0. The molecule has 3 rings (SSSR count). The maximum Gasteiger partial charge on any atom is 0.280 e. The SMILES string of the molecule is C[C@H](CCC(=O)NC(CCCN)C(=O)N[C@H](C)CS)NC(=O)c1ccc(NCc2cnc3nc(N)[nH]c(=O)c3n2)cc1. The highest BCUT2D eigenvalue weighted by atomic mass is 32.1. The van der Waals surface area contributed by atoms with Crippen molar-refractivity contribution in [1.82, 2.24) is 35.9 Å². The molecule has 1 aromatic carbocycles. The molecule has 0 aliphatic heterocycles. The molecule has 2 aromatic heterocycles. The van der Waals surface area contributed by atoms with Gasteiger partial charge < -0.3 is 32.7 Å². The predicted molar refractivity (Wildman–Crippen MR) is 164 cm³/mol. The Labute approximate surface area is 248 Å². The molecule has 0 saturated carbocycles. The van der Waals surface area contributed by atoms with Crippen LogP contribution in [0.5, 0.6) is 0 Å². The van der Waals surface area contributed by atoms with E-state index in [2.05, 4.69) is 53.8 Å². The van der Waals surface area contributed by atoms with Crippen molar-refractivity contribution < 1.29 is 14.4 Å². The molecular formula is C27H38N10O4S. The molecule has 0 spiro atoms. The van der Waals surface area contributed by atoms with Crippen molar-refractivity contribution in [3.63, 3.8) is 0 Å². The Morgan fingerprint density at radius 3 is 2.45 bits per heavy atom. The molecule has 14 nitrogen and oxygen atoms in total. The lowest BCUT2D eigenvalue weighted by Crippen LogP contribution is -2.49. The van der Waals surface area contributed by atoms with E-state index in [-0.39, 0.29) is 53.3 Å². The average molecular weight is 599 g/mol. The number of amides is 3. The Balaban J connectivity index is 1.46. The second-order valence-electron chi connectivity index (χ2n) is 9.97. The average Bonchev–Trinajstić information content (AvgIpc) is 2.97. The Morgan fingerprint density at radius 2 is 1.76 bits per heavy atom. The lowest BCUT2D eigenvalue weighted by atomic mass is 10.1. The molecule has 2 heterocycles. The molecule has 226 valence electrons. The number of anilines is 2. The predicted octanol–water partition coefficient (Wildman–Crippen LogP) is 0.464. The summed E-state index contributed by atoms with van der Waals surface area (Å²) >= 11 is 4.17. The Bertz CT molecular complexity index is 1430. The van der Waals surface area contributed by atoms with Gasteiger partial charge in [-0.1, -0.05) is 0 Å². The minimum Gasteiger partial charge on any atom is -0.379 e. The molecule has 15 heteroatoms. The summed E-state index contributed by atoms with van der Waals surface area (Å²) < 4.78 is 0. The minimum atomic E-state index is -0.673. The van der Waals surface area contributed by atoms with E-state index in [0.29, 0.717) is 49.4 Å². The zero-order valence-electron chi connectivity index (χ0n) is 23.6. The summed E-state index contributed by atoms with van der Waals surface area (Å²) in [6.45, 7) is 4.35. The molecule has 3 amide bonds. The fourth-order valence-corrected chi connectivity index (χ4v) is 4.05. The number of H-pyrrole nitrogens is 1. The number of nitrogen functional groups attached to an aromatic ring is 1. The van der Waals surface area contributed by atoms with Crippen LogP contribution in [0.25, 0.3) is 11.2 Å². The number of aromatic nitrogens is 4. The van der Waals surface area contributed by atoms with Gasteiger partial charge in [0.2, 0.25) is 17.8 Å². The summed E-state index contributed by atoms with van der Waals surface area (Å²) in [5, 5.41) is 11.7. The van der Waals surface area contributed by atoms with Crippen LogP contribution in [0.1, 0.15) is 55.6 Å². The fraction of sp³-hybridized carbons (Fsp3) is 0.444. The van der Waals surface area contributed by atoms with Crippen molar-refractivity contribution in [3.8, 4) is 0 Å². The molecule has 42 heavy (non-hydrogen) atoms. The molecular weight excluding hydrogens is 560 g/mol. The first-order chi connectivity index (χ1) is 20.1. The van der Waals surface area contributed by atoms with Crippen LogP contribution in [0.15, 0.2) is 35.3 Å². The van der Waals surface area contributed by atoms with Gasteiger partial charge in [-0.05, 0) is 63.9 Å². The molecule has 0 aliphatic rings. The molecule has 3 atom stereocenters. The third kappa shape index (κ3) is 9.69. The van der Waals surface area contributed by atoms with E-state index < -0.39 is 11.6 Å². The Morgan fingerprint density at radius 1 is 1.02 bits per heavy atom. The standard InChI is InChI=1S/C27H38N10O4S/c1-15(5-10-21(38)35-20(4-3-11-28)25(40)33-16(2)14-42)32-24(39)17-6-8-18(9-7-17)30-12-19-13-31-23-22(34-19)26(41)37-27(29)36-23/h6-9,13,15-16,20,30,42H,3-5,10-12,14,28H2,1-2H3,(H,32,39)(H,33,40)(H,35,38)(H3,29,31,36,37,41)/t15-,16-,20?/m1/s1. The van der Waals surface area contributed by atoms with E-state index in [0.717, 1.165) is 5.69 Å². The summed E-state index contributed by atoms with van der Waals surface area (Å²) in [6.07, 6.45) is 3.08. The first kappa shape index (κ1) is 32.3. The van der Waals surface area contributed by atoms with E-state index in [9.17, 15) is 19.2 Å². The molecule has 0 radical (unpaired) electrons. The van der Waals surface area contributed by atoms with Crippen LogP contribution >= 0.6 is 12.6 Å². The lowest BCUT2D eigenvalue weighted by Gasteiger charge is -2.21. The van der Waals surface area contributed by atoms with Crippen LogP contribution in [-0.2, 0) is 16.1 Å². The number of carbonyl (C=O) groups excluding carboxylic acids is 3. The van der Waals surface area contributed by atoms with Gasteiger partial charge in [0, 0.05) is 35.5 Å². The number of carbonyl (C=O) groups is 3. The fourth-order valence-electron chi connectivity index (χ4n) is 3.96. The quantitative estimate of drug-likeness (QED) is 0.113. The maximum absolute atomic E-state index is 12.7. The van der Waals surface area contributed by atoms with Gasteiger partial charge in [0.05, 0.1) is 18.4 Å². The second kappa shape index (κ2) is 15.7. The van der Waals surface area contributed by atoms with E-state index in [1.807, 2.05) is 13.8 Å². The molecule has 0 bridgehead atoms. The number of hydrogen-bond donors (Lipinski definition) is 8. The van der Waals surface area contributed by atoms with Crippen molar-refractivity contribution in [2.75, 3.05) is 23.3 Å². The summed E-state index contributed by atoms with van der Waals surface area (Å²) in [4.78, 5) is 64.6. The number of nitrogens with two attached hydrogens (primary N) is 2. The topological polar surface area (TPSA) is 223 Å². The lowest BCUT2D eigenvalue weighted by molar-refractivity contribution is -0.129. The summed E-state index contributed by atoms with van der Waals surface area (Å²) in [6, 6.07) is 5.77. The van der Waals surface area contributed by atoms with Gasteiger partial charge in [0.25, 0.3) is 11.5 Å². The van der Waals surface area contributed by atoms with Crippen LogP contribution in [-0.4, -0.2) is 68.1 Å². The minimum absolute atomic E-state index is 0.0277. The van der Waals surface area contributed by atoms with Crippen molar-refractivity contribution in [3.05, 3.63) is 52.1 Å². The smallest absolute Gasteiger partial charge is 0.280 e. The summed E-state index contributed by atoms with van der Waals surface area (Å²) in [5.74, 6) is -0.357. The van der Waals surface area contributed by atoms with Crippen molar-refractivity contribution >= 4 is 53.1 Å². The molecule has 3 aromatic rings. The number of nitrogens with zero attached hydrogens (tertiary/aromatic N) is 3. The summed E-state index contributed by atoms with van der Waals surface area (Å²) in [5.41, 5.74) is 12.6. The highest BCUT2D eigenvalue weighted by Crippen LogP contribution is 2.12. The third-order valence-electron chi connectivity index (χ3n) is 6.30. The van der Waals surface area contributed by atoms with Gasteiger partial charge in [-0.25, -0.2) is 9.97 Å². The number of thiol groups is 1. The van der Waals surface area contributed by atoms with Crippen LogP contribution in [0.4, 0.5) is 11.6 Å². The van der Waals surface area contributed by atoms with Gasteiger partial charge in [0.1, 0.15) is 6.04 Å². The van der Waals surface area contributed by atoms with Gasteiger partial charge in [-0.2, -0.15) is 17.6 Å². The Kier molecular flexibility index (Phi) is 12.0. The highest BCUT2D eigenvalue weighted by Gasteiger charge is 2.22. The number of aromatic amines is 1. The molecule has 0 fully saturated rings. The number of benzene rings is 1.